The lowest BCUT2D eigenvalue weighted by Crippen LogP contribution is -2.39. The highest BCUT2D eigenvalue weighted by Crippen LogP contribution is 2.30. The minimum atomic E-state index is -0.135. The number of hydrogen-bond donors (Lipinski definition) is 1. The predicted octanol–water partition coefficient (Wildman–Crippen LogP) is 4.08. The van der Waals surface area contributed by atoms with E-state index in [-0.39, 0.29) is 11.9 Å². The van der Waals surface area contributed by atoms with Gasteiger partial charge < -0.3 is 10.2 Å². The van der Waals surface area contributed by atoms with Crippen LogP contribution in [0.15, 0.2) is 34.2 Å². The second kappa shape index (κ2) is 6.79. The molecule has 0 bridgehead atoms. The van der Waals surface area contributed by atoms with E-state index in [9.17, 15) is 4.79 Å². The SMILES string of the molecule is CCc1ccc(NC(=O)[C@@H]2CCCN2c2nc(Br)cs2)cc1. The van der Waals surface area contributed by atoms with Crippen molar-refractivity contribution in [2.75, 3.05) is 16.8 Å². The van der Waals surface area contributed by atoms with Gasteiger partial charge in [-0.3, -0.25) is 4.79 Å². The van der Waals surface area contributed by atoms with Crippen LogP contribution in [0.4, 0.5) is 10.8 Å². The van der Waals surface area contributed by atoms with E-state index >= 15 is 0 Å². The van der Waals surface area contributed by atoms with Crippen molar-refractivity contribution in [3.8, 4) is 0 Å². The van der Waals surface area contributed by atoms with Crippen molar-refractivity contribution in [2.24, 2.45) is 0 Å². The summed E-state index contributed by atoms with van der Waals surface area (Å²) in [7, 11) is 0. The van der Waals surface area contributed by atoms with E-state index < -0.39 is 0 Å². The standard InChI is InChI=1S/C16H18BrN3OS/c1-2-11-5-7-12(8-6-11)18-15(21)13-4-3-9-20(13)16-19-14(17)10-22-16/h5-8,10,13H,2-4,9H2,1H3,(H,18,21)/t13-/m0/s1. The molecule has 1 aromatic carbocycles. The zero-order valence-corrected chi connectivity index (χ0v) is 14.8. The van der Waals surface area contributed by atoms with Crippen LogP contribution in [0.5, 0.6) is 0 Å². The topological polar surface area (TPSA) is 45.2 Å². The van der Waals surface area contributed by atoms with Crippen molar-refractivity contribution in [3.63, 3.8) is 0 Å². The number of hydrogen-bond acceptors (Lipinski definition) is 4. The molecular weight excluding hydrogens is 362 g/mol. The lowest BCUT2D eigenvalue weighted by molar-refractivity contribution is -0.117. The maximum Gasteiger partial charge on any atom is 0.247 e. The number of thiazole rings is 1. The van der Waals surface area contributed by atoms with E-state index in [1.54, 1.807) is 11.3 Å². The molecule has 2 aromatic rings. The van der Waals surface area contributed by atoms with Gasteiger partial charge in [0.05, 0.1) is 0 Å². The monoisotopic (exact) mass is 379 g/mol. The van der Waals surface area contributed by atoms with Crippen molar-refractivity contribution in [1.29, 1.82) is 0 Å². The second-order valence-electron chi connectivity index (χ2n) is 5.34. The molecule has 1 atom stereocenters. The number of carbonyl (C=O) groups excluding carboxylic acids is 1. The molecule has 2 heterocycles. The summed E-state index contributed by atoms with van der Waals surface area (Å²) in [6.45, 7) is 3.00. The van der Waals surface area contributed by atoms with Crippen molar-refractivity contribution < 1.29 is 4.79 Å². The molecule has 0 radical (unpaired) electrons. The smallest absolute Gasteiger partial charge is 0.247 e. The van der Waals surface area contributed by atoms with Crippen molar-refractivity contribution in [2.45, 2.75) is 32.2 Å². The van der Waals surface area contributed by atoms with Gasteiger partial charge in [-0.05, 0) is 52.9 Å². The van der Waals surface area contributed by atoms with Crippen molar-refractivity contribution in [3.05, 3.63) is 39.8 Å². The van der Waals surface area contributed by atoms with Crippen LogP contribution in [0.3, 0.4) is 0 Å². The molecule has 1 aliphatic rings. The Kier molecular flexibility index (Phi) is 4.78. The third-order valence-corrected chi connectivity index (χ3v) is 5.48. The van der Waals surface area contributed by atoms with Crippen LogP contribution >= 0.6 is 27.3 Å². The average Bonchev–Trinajstić information content (AvgIpc) is 3.16. The number of aryl methyl sites for hydroxylation is 1. The lowest BCUT2D eigenvalue weighted by Gasteiger charge is -2.23. The van der Waals surface area contributed by atoms with Crippen molar-refractivity contribution >= 4 is 44.0 Å². The number of nitrogens with zero attached hydrogens (tertiary/aromatic N) is 2. The maximum absolute atomic E-state index is 12.6. The molecule has 1 saturated heterocycles. The molecule has 116 valence electrons. The molecule has 3 rings (SSSR count). The molecule has 1 fully saturated rings. The Morgan fingerprint density at radius 1 is 1.45 bits per heavy atom. The van der Waals surface area contributed by atoms with E-state index in [4.69, 9.17) is 0 Å². The molecular formula is C16H18BrN3OS. The van der Waals surface area contributed by atoms with Gasteiger partial charge in [0.15, 0.2) is 5.13 Å². The average molecular weight is 380 g/mol. The van der Waals surface area contributed by atoms with Gasteiger partial charge in [0, 0.05) is 17.6 Å². The highest BCUT2D eigenvalue weighted by molar-refractivity contribution is 9.10. The normalized spacial score (nSPS) is 17.7. The first kappa shape index (κ1) is 15.5. The van der Waals surface area contributed by atoms with Gasteiger partial charge in [-0.2, -0.15) is 0 Å². The van der Waals surface area contributed by atoms with Crippen LogP contribution in [0.2, 0.25) is 0 Å². The molecule has 1 aliphatic heterocycles. The highest BCUT2D eigenvalue weighted by Gasteiger charge is 2.32. The van der Waals surface area contributed by atoms with Gasteiger partial charge in [0.2, 0.25) is 5.91 Å². The number of halogens is 1. The molecule has 0 saturated carbocycles. The fraction of sp³-hybridized carbons (Fsp3) is 0.375. The van der Waals surface area contributed by atoms with Gasteiger partial charge >= 0.3 is 0 Å². The Labute approximate surface area is 142 Å². The quantitative estimate of drug-likeness (QED) is 0.870. The van der Waals surface area contributed by atoms with Gasteiger partial charge in [-0.15, -0.1) is 11.3 Å². The summed E-state index contributed by atoms with van der Waals surface area (Å²) in [5, 5.41) is 5.88. The Morgan fingerprint density at radius 2 is 2.23 bits per heavy atom. The van der Waals surface area contributed by atoms with Crippen LogP contribution in [-0.4, -0.2) is 23.5 Å². The van der Waals surface area contributed by atoms with E-state index in [0.29, 0.717) is 0 Å². The zero-order valence-electron chi connectivity index (χ0n) is 12.4. The van der Waals surface area contributed by atoms with Crippen LogP contribution < -0.4 is 10.2 Å². The fourth-order valence-electron chi connectivity index (χ4n) is 2.69. The van der Waals surface area contributed by atoms with E-state index in [0.717, 1.165) is 41.2 Å². The summed E-state index contributed by atoms with van der Waals surface area (Å²) in [5.41, 5.74) is 2.13. The first-order valence-electron chi connectivity index (χ1n) is 7.45. The Bertz CT molecular complexity index is 656. The number of rotatable bonds is 4. The maximum atomic E-state index is 12.6. The molecule has 1 aromatic heterocycles. The third-order valence-electron chi connectivity index (χ3n) is 3.89. The largest absolute Gasteiger partial charge is 0.336 e. The second-order valence-corrected chi connectivity index (χ2v) is 6.99. The van der Waals surface area contributed by atoms with Gasteiger partial charge in [-0.1, -0.05) is 19.1 Å². The van der Waals surface area contributed by atoms with Crippen molar-refractivity contribution in [1.82, 2.24) is 4.98 Å². The Balaban J connectivity index is 1.70. The number of aromatic nitrogens is 1. The number of carbonyl (C=O) groups is 1. The van der Waals surface area contributed by atoms with E-state index in [1.165, 1.54) is 5.56 Å². The summed E-state index contributed by atoms with van der Waals surface area (Å²) in [4.78, 5) is 19.1. The third kappa shape index (κ3) is 3.33. The minimum absolute atomic E-state index is 0.0491. The van der Waals surface area contributed by atoms with Gasteiger partial charge in [-0.25, -0.2) is 4.98 Å². The number of amides is 1. The molecule has 1 amide bonds. The summed E-state index contributed by atoms with van der Waals surface area (Å²) in [6, 6.07) is 7.91. The highest BCUT2D eigenvalue weighted by atomic mass is 79.9. The molecule has 0 aliphatic carbocycles. The summed E-state index contributed by atoms with van der Waals surface area (Å²) in [5.74, 6) is 0.0491. The lowest BCUT2D eigenvalue weighted by atomic mass is 10.1. The molecule has 0 spiro atoms. The van der Waals surface area contributed by atoms with E-state index in [1.807, 2.05) is 17.5 Å². The Morgan fingerprint density at radius 3 is 2.86 bits per heavy atom. The predicted molar refractivity (Wildman–Crippen MR) is 94.6 cm³/mol. The Hall–Kier alpha value is -1.40. The van der Waals surface area contributed by atoms with Crippen LogP contribution in [0, 0.1) is 0 Å². The summed E-state index contributed by atoms with van der Waals surface area (Å²) < 4.78 is 0.828. The van der Waals surface area contributed by atoms with Crippen LogP contribution in [0.25, 0.3) is 0 Å². The van der Waals surface area contributed by atoms with E-state index in [2.05, 4.69) is 50.2 Å². The molecule has 4 nitrogen and oxygen atoms in total. The molecule has 6 heteroatoms. The van der Waals surface area contributed by atoms with Gasteiger partial charge in [0.25, 0.3) is 0 Å². The first-order valence-corrected chi connectivity index (χ1v) is 9.12. The molecule has 0 unspecified atom stereocenters. The molecule has 1 N–H and O–H groups in total. The fourth-order valence-corrected chi connectivity index (χ4v) is 4.02. The number of nitrogens with one attached hydrogen (secondary N) is 1. The summed E-state index contributed by atoms with van der Waals surface area (Å²) in [6.07, 6.45) is 2.89. The zero-order chi connectivity index (χ0) is 15.5. The van der Waals surface area contributed by atoms with Crippen LogP contribution in [0.1, 0.15) is 25.3 Å². The molecule has 22 heavy (non-hydrogen) atoms. The number of benzene rings is 1. The number of anilines is 2. The minimum Gasteiger partial charge on any atom is -0.336 e. The van der Waals surface area contributed by atoms with Crippen LogP contribution in [-0.2, 0) is 11.2 Å². The first-order chi connectivity index (χ1) is 10.7. The summed E-state index contributed by atoms with van der Waals surface area (Å²) >= 11 is 4.94. The van der Waals surface area contributed by atoms with Gasteiger partial charge in [0.1, 0.15) is 10.6 Å².